The van der Waals surface area contributed by atoms with Crippen molar-refractivity contribution in [3.05, 3.63) is 46.7 Å². The number of methoxy groups -OCH3 is 1. The summed E-state index contributed by atoms with van der Waals surface area (Å²) in [5, 5.41) is 3.00. The second-order valence-electron chi connectivity index (χ2n) is 7.99. The number of nitrogens with two attached hydrogens (primary N) is 1. The maximum absolute atomic E-state index is 11.8. The Morgan fingerprint density at radius 1 is 1.36 bits per heavy atom. The lowest BCUT2D eigenvalue weighted by atomic mass is 10.1. The van der Waals surface area contributed by atoms with Crippen molar-refractivity contribution in [3.63, 3.8) is 0 Å². The topological polar surface area (TPSA) is 110 Å². The van der Waals surface area contributed by atoms with Crippen LogP contribution in [0.5, 0.6) is 0 Å². The van der Waals surface area contributed by atoms with Crippen LogP contribution in [-0.4, -0.2) is 52.1 Å². The van der Waals surface area contributed by atoms with Crippen LogP contribution in [0.3, 0.4) is 0 Å². The van der Waals surface area contributed by atoms with Gasteiger partial charge in [-0.1, -0.05) is 24.6 Å². The number of esters is 1. The molecular formula is C23H23ClN6O2S. The van der Waals surface area contributed by atoms with Gasteiger partial charge in [0.1, 0.15) is 11.5 Å². The van der Waals surface area contributed by atoms with Crippen molar-refractivity contribution < 1.29 is 9.53 Å². The third-order valence-electron chi connectivity index (χ3n) is 5.79. The lowest BCUT2D eigenvalue weighted by Crippen LogP contribution is -2.27. The second kappa shape index (κ2) is 8.81. The smallest absolute Gasteiger partial charge is 0.339 e. The predicted octanol–water partition coefficient (Wildman–Crippen LogP) is 4.20. The predicted molar refractivity (Wildman–Crippen MR) is 130 cm³/mol. The van der Waals surface area contributed by atoms with Crippen molar-refractivity contribution in [2.24, 2.45) is 5.73 Å². The average molecular weight is 483 g/mol. The molecule has 0 radical (unpaired) electrons. The first-order valence-electron chi connectivity index (χ1n) is 10.7. The van der Waals surface area contributed by atoms with E-state index in [2.05, 4.69) is 21.8 Å². The van der Waals surface area contributed by atoms with Crippen LogP contribution >= 0.6 is 23.4 Å². The second-order valence-corrected chi connectivity index (χ2v) is 9.41. The van der Waals surface area contributed by atoms with Gasteiger partial charge in [-0.05, 0) is 42.8 Å². The zero-order chi connectivity index (χ0) is 23.1. The number of carbonyl (C=O) groups is 1. The van der Waals surface area contributed by atoms with Crippen molar-refractivity contribution in [1.29, 1.82) is 0 Å². The lowest BCUT2D eigenvalue weighted by molar-refractivity contribution is 0.0600. The van der Waals surface area contributed by atoms with Crippen LogP contribution in [-0.2, 0) is 11.2 Å². The van der Waals surface area contributed by atoms with Gasteiger partial charge in [-0.3, -0.25) is 4.98 Å². The average Bonchev–Trinajstić information content (AvgIpc) is 3.40. The molecule has 0 aliphatic carbocycles. The molecule has 4 aromatic rings. The number of aryl methyl sites for hydroxylation is 1. The molecule has 0 saturated carbocycles. The van der Waals surface area contributed by atoms with Crippen molar-refractivity contribution in [3.8, 4) is 0 Å². The van der Waals surface area contributed by atoms with Crippen LogP contribution in [0.25, 0.3) is 21.9 Å². The minimum absolute atomic E-state index is 0.121. The van der Waals surface area contributed by atoms with Gasteiger partial charge in [0.15, 0.2) is 5.16 Å². The van der Waals surface area contributed by atoms with E-state index in [-0.39, 0.29) is 6.04 Å². The molecule has 3 aromatic heterocycles. The molecule has 3 N–H and O–H groups in total. The van der Waals surface area contributed by atoms with E-state index in [0.29, 0.717) is 15.7 Å². The highest BCUT2D eigenvalue weighted by Crippen LogP contribution is 2.37. The third-order valence-corrected chi connectivity index (χ3v) is 7.06. The Kier molecular flexibility index (Phi) is 5.86. The van der Waals surface area contributed by atoms with Gasteiger partial charge in [0.25, 0.3) is 0 Å². The zero-order valence-electron chi connectivity index (χ0n) is 18.3. The van der Waals surface area contributed by atoms with Crippen molar-refractivity contribution in [2.75, 3.05) is 25.1 Å². The fourth-order valence-corrected chi connectivity index (χ4v) is 5.21. The van der Waals surface area contributed by atoms with Crippen LogP contribution in [0.2, 0.25) is 5.02 Å². The molecule has 1 unspecified atom stereocenters. The van der Waals surface area contributed by atoms with Gasteiger partial charge in [0, 0.05) is 41.3 Å². The zero-order valence-corrected chi connectivity index (χ0v) is 19.8. The van der Waals surface area contributed by atoms with Gasteiger partial charge in [-0.25, -0.2) is 14.8 Å². The molecule has 0 spiro atoms. The summed E-state index contributed by atoms with van der Waals surface area (Å²) in [7, 11) is 1.36. The molecule has 1 saturated heterocycles. The van der Waals surface area contributed by atoms with Gasteiger partial charge in [-0.15, -0.1) is 0 Å². The Balaban J connectivity index is 1.53. The Bertz CT molecular complexity index is 1370. The number of benzene rings is 1. The maximum Gasteiger partial charge on any atom is 0.339 e. The van der Waals surface area contributed by atoms with Gasteiger partial charge < -0.3 is 20.4 Å². The fourth-order valence-electron chi connectivity index (χ4n) is 4.07. The quantitative estimate of drug-likeness (QED) is 0.321. The van der Waals surface area contributed by atoms with E-state index >= 15 is 0 Å². The minimum Gasteiger partial charge on any atom is -0.465 e. The van der Waals surface area contributed by atoms with Crippen LogP contribution in [0.1, 0.15) is 29.4 Å². The highest BCUT2D eigenvalue weighted by Gasteiger charge is 2.26. The van der Waals surface area contributed by atoms with E-state index in [4.69, 9.17) is 32.0 Å². The summed E-state index contributed by atoms with van der Waals surface area (Å²) in [6, 6.07) is 7.74. The van der Waals surface area contributed by atoms with Crippen LogP contribution in [0, 0.1) is 0 Å². The van der Waals surface area contributed by atoms with Crippen LogP contribution in [0.4, 0.5) is 5.82 Å². The largest absolute Gasteiger partial charge is 0.465 e. The summed E-state index contributed by atoms with van der Waals surface area (Å²) in [6.45, 7) is 3.63. The lowest BCUT2D eigenvalue weighted by Gasteiger charge is -2.18. The molecule has 4 heterocycles. The Morgan fingerprint density at radius 2 is 2.21 bits per heavy atom. The van der Waals surface area contributed by atoms with Gasteiger partial charge in [0.05, 0.1) is 28.6 Å². The molecule has 5 rings (SSSR count). The number of pyridine rings is 1. The number of aromatic amines is 1. The molecule has 33 heavy (non-hydrogen) atoms. The Hall–Kier alpha value is -2.88. The van der Waals surface area contributed by atoms with Crippen molar-refractivity contribution >= 4 is 57.1 Å². The Labute approximate surface area is 199 Å². The normalized spacial score (nSPS) is 16.1. The van der Waals surface area contributed by atoms with Crippen molar-refractivity contribution in [1.82, 2.24) is 19.9 Å². The first-order valence-corrected chi connectivity index (χ1v) is 11.9. The molecule has 1 atom stereocenters. The van der Waals surface area contributed by atoms with E-state index in [1.165, 1.54) is 25.1 Å². The number of anilines is 1. The number of rotatable bonds is 5. The number of hydrogen-bond acceptors (Lipinski definition) is 8. The standard InChI is InChI=1S/C23H23ClN6O2S/c1-3-16-19(24)18-20(27-16)28-23(29-21(18)30-7-6-14(25)11-30)33-15-5-4-12-8-13(22(31)32-2)10-26-17(12)9-15/h4-5,8-10,14H,3,6-7,11,25H2,1-2H3,(H,27,28,29). The molecule has 8 nitrogen and oxygen atoms in total. The number of hydrogen-bond donors (Lipinski definition) is 2. The van der Waals surface area contributed by atoms with Crippen LogP contribution < -0.4 is 10.6 Å². The van der Waals surface area contributed by atoms with Gasteiger partial charge >= 0.3 is 5.97 Å². The molecule has 0 bridgehead atoms. The third kappa shape index (κ3) is 4.12. The minimum atomic E-state index is -0.408. The van der Waals surface area contributed by atoms with E-state index in [9.17, 15) is 4.79 Å². The summed E-state index contributed by atoms with van der Waals surface area (Å²) in [5.74, 6) is 0.410. The molecular weight excluding hydrogens is 460 g/mol. The Morgan fingerprint density at radius 3 is 2.94 bits per heavy atom. The summed E-state index contributed by atoms with van der Waals surface area (Å²) >= 11 is 8.14. The van der Waals surface area contributed by atoms with Crippen molar-refractivity contribution in [2.45, 2.75) is 35.9 Å². The molecule has 1 aromatic carbocycles. The van der Waals surface area contributed by atoms with E-state index in [1.54, 1.807) is 6.07 Å². The maximum atomic E-state index is 11.8. The van der Waals surface area contributed by atoms with E-state index in [0.717, 1.165) is 64.3 Å². The van der Waals surface area contributed by atoms with Gasteiger partial charge in [-0.2, -0.15) is 0 Å². The molecule has 1 aliphatic rings. The SMILES string of the molecule is CCc1[nH]c2nc(Sc3ccc4cc(C(=O)OC)cnc4c3)nc(N3CCC(N)C3)c2c1Cl. The number of H-pyrrole nitrogens is 1. The van der Waals surface area contributed by atoms with E-state index < -0.39 is 5.97 Å². The highest BCUT2D eigenvalue weighted by molar-refractivity contribution is 7.99. The first kappa shape index (κ1) is 21.9. The summed E-state index contributed by atoms with van der Waals surface area (Å²) in [6.07, 6.45) is 3.22. The highest BCUT2D eigenvalue weighted by atomic mass is 35.5. The molecule has 0 amide bonds. The number of fused-ring (bicyclic) bond motifs is 2. The van der Waals surface area contributed by atoms with E-state index in [1.807, 2.05) is 18.2 Å². The monoisotopic (exact) mass is 482 g/mol. The van der Waals surface area contributed by atoms with Gasteiger partial charge in [0.2, 0.25) is 0 Å². The number of halogens is 1. The summed E-state index contributed by atoms with van der Waals surface area (Å²) < 4.78 is 4.78. The summed E-state index contributed by atoms with van der Waals surface area (Å²) in [4.78, 5) is 32.3. The number of aromatic nitrogens is 4. The number of ether oxygens (including phenoxy) is 1. The molecule has 10 heteroatoms. The molecule has 170 valence electrons. The number of nitrogens with zero attached hydrogens (tertiary/aromatic N) is 4. The fraction of sp³-hybridized carbons (Fsp3) is 0.304. The summed E-state index contributed by atoms with van der Waals surface area (Å²) in [5.41, 5.74) is 9.03. The first-order chi connectivity index (χ1) is 16.0. The number of carbonyl (C=O) groups excluding carboxylic acids is 1. The molecule has 1 fully saturated rings. The molecule has 1 aliphatic heterocycles. The van der Waals surface area contributed by atoms with Crippen LogP contribution in [0.15, 0.2) is 40.5 Å². The number of nitrogens with one attached hydrogen (secondary N) is 1.